The third kappa shape index (κ3) is 3.20. The van der Waals surface area contributed by atoms with Crippen molar-refractivity contribution in [1.29, 1.82) is 0 Å². The lowest BCUT2D eigenvalue weighted by atomic mass is 10.0. The second-order valence-electron chi connectivity index (χ2n) is 5.14. The molecule has 1 aromatic heterocycles. The van der Waals surface area contributed by atoms with Crippen LogP contribution in [0.4, 0.5) is 17.6 Å². The third-order valence-corrected chi connectivity index (χ3v) is 4.97. The fraction of sp³-hybridized carbons (Fsp3) is 0.0556. The van der Waals surface area contributed by atoms with Crippen molar-refractivity contribution in [3.8, 4) is 16.9 Å². The molecule has 0 radical (unpaired) electrons. The topological polar surface area (TPSA) is 39.2 Å². The number of benzene rings is 2. The summed E-state index contributed by atoms with van der Waals surface area (Å²) in [4.78, 5) is 3.88. The van der Waals surface area contributed by atoms with E-state index < -0.39 is 39.6 Å². The normalized spacial score (nSPS) is 12.0. The van der Waals surface area contributed by atoms with Gasteiger partial charge in [-0.2, -0.15) is 0 Å². The molecule has 0 saturated heterocycles. The van der Waals surface area contributed by atoms with Gasteiger partial charge in [-0.1, -0.05) is 6.07 Å². The van der Waals surface area contributed by atoms with Crippen LogP contribution in [-0.4, -0.2) is 16.3 Å². The van der Waals surface area contributed by atoms with E-state index in [2.05, 4.69) is 4.98 Å². The quantitative estimate of drug-likeness (QED) is 0.494. The van der Waals surface area contributed by atoms with E-state index in [4.69, 9.17) is 4.74 Å². The third-order valence-electron chi connectivity index (χ3n) is 3.60. The molecule has 0 aliphatic rings. The Morgan fingerprint density at radius 1 is 0.962 bits per heavy atom. The minimum absolute atomic E-state index is 0.0627. The van der Waals surface area contributed by atoms with Crippen LogP contribution in [0.15, 0.2) is 58.6 Å². The maximum Gasteiger partial charge on any atom is 0.169 e. The summed E-state index contributed by atoms with van der Waals surface area (Å²) >= 11 is 0. The molecule has 0 saturated carbocycles. The molecule has 3 nitrogen and oxygen atoms in total. The Kier molecular flexibility index (Phi) is 5.03. The molecule has 26 heavy (non-hydrogen) atoms. The minimum atomic E-state index is -1.94. The average molecular weight is 381 g/mol. The zero-order valence-electron chi connectivity index (χ0n) is 13.3. The highest BCUT2D eigenvalue weighted by Crippen LogP contribution is 2.36. The fourth-order valence-electron chi connectivity index (χ4n) is 2.37. The van der Waals surface area contributed by atoms with Crippen LogP contribution in [0.1, 0.15) is 0 Å². The van der Waals surface area contributed by atoms with E-state index in [0.717, 1.165) is 6.07 Å². The molecule has 0 amide bonds. The number of ether oxygens (including phenoxy) is 1. The van der Waals surface area contributed by atoms with Gasteiger partial charge in [0.2, 0.25) is 0 Å². The van der Waals surface area contributed by atoms with Crippen LogP contribution >= 0.6 is 0 Å². The van der Waals surface area contributed by atoms with Crippen molar-refractivity contribution in [2.45, 2.75) is 9.92 Å². The Balaban J connectivity index is 2.30. The highest BCUT2D eigenvalue weighted by molar-refractivity contribution is 7.85. The van der Waals surface area contributed by atoms with Gasteiger partial charge in [0.25, 0.3) is 0 Å². The van der Waals surface area contributed by atoms with E-state index in [-0.39, 0.29) is 27.3 Å². The molecular weight excluding hydrogens is 370 g/mol. The Morgan fingerprint density at radius 3 is 2.23 bits per heavy atom. The largest absolute Gasteiger partial charge is 0.497 e. The van der Waals surface area contributed by atoms with Crippen LogP contribution in [0.2, 0.25) is 0 Å². The van der Waals surface area contributed by atoms with Crippen molar-refractivity contribution in [1.82, 2.24) is 4.98 Å². The van der Waals surface area contributed by atoms with Crippen molar-refractivity contribution in [2.75, 3.05) is 7.11 Å². The van der Waals surface area contributed by atoms with Crippen molar-refractivity contribution < 1.29 is 26.5 Å². The summed E-state index contributed by atoms with van der Waals surface area (Å²) in [5.41, 5.74) is -1.25. The molecule has 134 valence electrons. The van der Waals surface area contributed by atoms with Crippen molar-refractivity contribution in [3.63, 3.8) is 0 Å². The number of rotatable bonds is 4. The zero-order valence-corrected chi connectivity index (χ0v) is 14.1. The summed E-state index contributed by atoms with van der Waals surface area (Å²) in [5, 5.41) is 0.122. The summed E-state index contributed by atoms with van der Waals surface area (Å²) in [6.07, 6.45) is 1.40. The van der Waals surface area contributed by atoms with Gasteiger partial charge in [-0.3, -0.25) is 0 Å². The predicted octanol–water partition coefficient (Wildman–Crippen LogP) is 4.48. The molecule has 0 aliphatic carbocycles. The summed E-state index contributed by atoms with van der Waals surface area (Å²) in [6, 6.07) is 8.67. The van der Waals surface area contributed by atoms with Crippen LogP contribution in [0, 0.1) is 23.3 Å². The number of hydrogen-bond donors (Lipinski definition) is 0. The monoisotopic (exact) mass is 381 g/mol. The molecule has 1 atom stereocenters. The number of halogens is 4. The van der Waals surface area contributed by atoms with Crippen LogP contribution in [-0.2, 0) is 10.8 Å². The fourth-order valence-corrected chi connectivity index (χ4v) is 3.51. The first-order chi connectivity index (χ1) is 12.4. The van der Waals surface area contributed by atoms with E-state index >= 15 is 0 Å². The minimum Gasteiger partial charge on any atom is -0.497 e. The molecule has 2 aromatic carbocycles. The standard InChI is InChI=1S/C18H11F4NO2S/c1-25-10-5-6-14(26(24)15-4-2-3-7-23-15)11(8-10)16-17(21)12(19)9-13(20)18(16)22/h2-9H,1H3. The Bertz CT molecular complexity index is 970. The van der Waals surface area contributed by atoms with E-state index in [9.17, 15) is 21.8 Å². The number of aromatic nitrogens is 1. The lowest BCUT2D eigenvalue weighted by Crippen LogP contribution is -2.04. The number of methoxy groups -OCH3 is 1. The lowest BCUT2D eigenvalue weighted by Gasteiger charge is -2.13. The second-order valence-corrected chi connectivity index (χ2v) is 6.54. The summed E-state index contributed by atoms with van der Waals surface area (Å²) in [7, 11) is -0.631. The molecule has 0 N–H and O–H groups in total. The van der Waals surface area contributed by atoms with E-state index in [1.807, 2.05) is 0 Å². The lowest BCUT2D eigenvalue weighted by molar-refractivity contribution is 0.414. The molecule has 1 heterocycles. The number of nitrogens with zero attached hydrogens (tertiary/aromatic N) is 1. The molecule has 3 rings (SSSR count). The van der Waals surface area contributed by atoms with Crippen LogP contribution in [0.3, 0.4) is 0 Å². The van der Waals surface area contributed by atoms with E-state index in [1.165, 1.54) is 31.5 Å². The van der Waals surface area contributed by atoms with Gasteiger partial charge in [-0.15, -0.1) is 0 Å². The van der Waals surface area contributed by atoms with E-state index in [1.54, 1.807) is 12.1 Å². The van der Waals surface area contributed by atoms with Crippen LogP contribution < -0.4 is 4.74 Å². The zero-order chi connectivity index (χ0) is 18.8. The summed E-state index contributed by atoms with van der Waals surface area (Å²) in [5.74, 6) is -6.12. The van der Waals surface area contributed by atoms with Gasteiger partial charge in [0, 0.05) is 17.8 Å². The summed E-state index contributed by atoms with van der Waals surface area (Å²) in [6.45, 7) is 0. The first-order valence-electron chi connectivity index (χ1n) is 7.28. The Labute approximate surface area is 148 Å². The van der Waals surface area contributed by atoms with Crippen molar-refractivity contribution >= 4 is 10.8 Å². The molecule has 0 aliphatic heterocycles. The van der Waals surface area contributed by atoms with Gasteiger partial charge in [0.05, 0.1) is 17.6 Å². The van der Waals surface area contributed by atoms with Crippen molar-refractivity contribution in [2.24, 2.45) is 0 Å². The van der Waals surface area contributed by atoms with Gasteiger partial charge in [0.1, 0.15) is 21.6 Å². The molecule has 0 bridgehead atoms. The maximum atomic E-state index is 14.3. The van der Waals surface area contributed by atoms with E-state index in [0.29, 0.717) is 0 Å². The second kappa shape index (κ2) is 7.25. The van der Waals surface area contributed by atoms with Crippen molar-refractivity contribution in [3.05, 3.63) is 71.9 Å². The number of hydrogen-bond acceptors (Lipinski definition) is 3. The average Bonchev–Trinajstić information content (AvgIpc) is 2.66. The van der Waals surface area contributed by atoms with Gasteiger partial charge >= 0.3 is 0 Å². The predicted molar refractivity (Wildman–Crippen MR) is 87.2 cm³/mol. The molecule has 0 fully saturated rings. The highest BCUT2D eigenvalue weighted by Gasteiger charge is 2.25. The molecule has 0 spiro atoms. The molecule has 1 unspecified atom stereocenters. The Morgan fingerprint density at radius 2 is 1.65 bits per heavy atom. The smallest absolute Gasteiger partial charge is 0.169 e. The van der Waals surface area contributed by atoms with Gasteiger partial charge in [0.15, 0.2) is 23.3 Å². The highest BCUT2D eigenvalue weighted by atomic mass is 32.2. The molecule has 3 aromatic rings. The van der Waals surface area contributed by atoms with Gasteiger partial charge < -0.3 is 4.74 Å². The first kappa shape index (κ1) is 18.1. The van der Waals surface area contributed by atoms with Gasteiger partial charge in [-0.05, 0) is 30.3 Å². The number of pyridine rings is 1. The molecular formula is C18H11F4NO2S. The Hall–Kier alpha value is -2.74. The van der Waals surface area contributed by atoms with Gasteiger partial charge in [-0.25, -0.2) is 26.8 Å². The SMILES string of the molecule is COc1ccc(S(=O)c2ccccn2)c(-c2c(F)c(F)cc(F)c2F)c1. The van der Waals surface area contributed by atoms with Crippen LogP contribution in [0.25, 0.3) is 11.1 Å². The molecule has 8 heteroatoms. The maximum absolute atomic E-state index is 14.3. The summed E-state index contributed by atoms with van der Waals surface area (Å²) < 4.78 is 73.6. The van der Waals surface area contributed by atoms with Crippen LogP contribution in [0.5, 0.6) is 5.75 Å². The first-order valence-corrected chi connectivity index (χ1v) is 8.43.